The normalized spacial score (nSPS) is 11.9. The predicted molar refractivity (Wildman–Crippen MR) is 66.1 cm³/mol. The van der Waals surface area contributed by atoms with Crippen molar-refractivity contribution in [2.75, 3.05) is 0 Å². The average Bonchev–Trinajstić information content (AvgIpc) is 2.71. The highest BCUT2D eigenvalue weighted by atomic mass is 16.4. The monoisotopic (exact) mass is 232 g/mol. The summed E-state index contributed by atoms with van der Waals surface area (Å²) in [4.78, 5) is 11.3. The van der Waals surface area contributed by atoms with E-state index in [2.05, 4.69) is 5.10 Å². The summed E-state index contributed by atoms with van der Waals surface area (Å²) in [6.07, 6.45) is 1.75. The van der Waals surface area contributed by atoms with Crippen LogP contribution in [0.4, 0.5) is 0 Å². The van der Waals surface area contributed by atoms with Crippen molar-refractivity contribution in [1.29, 1.82) is 0 Å². The fraction of sp³-hybridized carbons (Fsp3) is 0.385. The predicted octanol–water partition coefficient (Wildman–Crippen LogP) is 2.42. The van der Waals surface area contributed by atoms with Crippen LogP contribution in [0.5, 0.6) is 0 Å². The topological polar surface area (TPSA) is 55.1 Å². The van der Waals surface area contributed by atoms with Gasteiger partial charge >= 0.3 is 5.97 Å². The minimum Gasteiger partial charge on any atom is -0.481 e. The second-order valence-electron chi connectivity index (χ2n) is 4.63. The number of aryl methyl sites for hydroxylation is 1. The Balaban J connectivity index is 2.71. The molecule has 4 nitrogen and oxygen atoms in total. The molecule has 0 unspecified atom stereocenters. The Morgan fingerprint density at radius 3 is 2.76 bits per heavy atom. The van der Waals surface area contributed by atoms with Crippen molar-refractivity contribution >= 4 is 16.9 Å². The number of benzene rings is 1. The Morgan fingerprint density at radius 2 is 2.18 bits per heavy atom. The molecule has 90 valence electrons. The molecule has 0 aliphatic rings. The highest BCUT2D eigenvalue weighted by Gasteiger charge is 2.31. The summed E-state index contributed by atoms with van der Waals surface area (Å²) in [6, 6.07) is 5.71. The summed E-state index contributed by atoms with van der Waals surface area (Å²) in [5.41, 5.74) is 0.891. The quantitative estimate of drug-likeness (QED) is 0.884. The Morgan fingerprint density at radius 1 is 1.47 bits per heavy atom. The molecule has 0 amide bonds. The lowest BCUT2D eigenvalue weighted by atomic mass is 9.83. The van der Waals surface area contributed by atoms with E-state index in [9.17, 15) is 9.90 Å². The Bertz CT molecular complexity index is 570. The Hall–Kier alpha value is -1.84. The van der Waals surface area contributed by atoms with Gasteiger partial charge in [-0.25, -0.2) is 0 Å². The highest BCUT2D eigenvalue weighted by molar-refractivity contribution is 5.90. The first-order chi connectivity index (χ1) is 7.98. The van der Waals surface area contributed by atoms with Crippen LogP contribution in [0.25, 0.3) is 10.9 Å². The van der Waals surface area contributed by atoms with Gasteiger partial charge in [0.2, 0.25) is 0 Å². The number of hydrogen-bond donors (Lipinski definition) is 1. The largest absolute Gasteiger partial charge is 0.481 e. The van der Waals surface area contributed by atoms with E-state index in [1.807, 2.05) is 29.8 Å². The first kappa shape index (κ1) is 11.6. The van der Waals surface area contributed by atoms with Gasteiger partial charge in [0, 0.05) is 11.9 Å². The van der Waals surface area contributed by atoms with Gasteiger partial charge in [0.25, 0.3) is 0 Å². The molecular weight excluding hydrogens is 216 g/mol. The number of carboxylic acid groups (broad SMARTS) is 1. The number of aromatic nitrogens is 2. The van der Waals surface area contributed by atoms with Crippen LogP contribution in [-0.2, 0) is 16.8 Å². The summed E-state index contributed by atoms with van der Waals surface area (Å²) in [7, 11) is 0. The molecule has 17 heavy (non-hydrogen) atoms. The van der Waals surface area contributed by atoms with Gasteiger partial charge in [-0.1, -0.05) is 12.1 Å². The lowest BCUT2D eigenvalue weighted by Crippen LogP contribution is -2.28. The minimum absolute atomic E-state index is 0.778. The fourth-order valence-corrected chi connectivity index (χ4v) is 2.02. The minimum atomic E-state index is -0.902. The molecule has 1 aromatic carbocycles. The van der Waals surface area contributed by atoms with Crippen LogP contribution in [0.3, 0.4) is 0 Å². The first-order valence-corrected chi connectivity index (χ1v) is 5.67. The number of hydrogen-bond acceptors (Lipinski definition) is 2. The van der Waals surface area contributed by atoms with Crippen LogP contribution in [0.2, 0.25) is 0 Å². The van der Waals surface area contributed by atoms with Gasteiger partial charge in [0.1, 0.15) is 0 Å². The maximum atomic E-state index is 11.3. The zero-order chi connectivity index (χ0) is 12.6. The van der Waals surface area contributed by atoms with Crippen molar-refractivity contribution in [3.63, 3.8) is 0 Å². The van der Waals surface area contributed by atoms with Crippen LogP contribution in [0.15, 0.2) is 24.4 Å². The van der Waals surface area contributed by atoms with Crippen LogP contribution >= 0.6 is 0 Å². The second-order valence-corrected chi connectivity index (χ2v) is 4.63. The SMILES string of the molecule is CCn1ncc2c(C(C)(C)C(=O)O)cccc21. The van der Waals surface area contributed by atoms with Gasteiger partial charge in [-0.3, -0.25) is 9.48 Å². The molecule has 2 aromatic rings. The molecule has 1 N–H and O–H groups in total. The van der Waals surface area contributed by atoms with Gasteiger partial charge in [0.05, 0.1) is 17.1 Å². The molecule has 0 saturated heterocycles. The van der Waals surface area contributed by atoms with Crippen molar-refractivity contribution in [2.45, 2.75) is 32.7 Å². The molecule has 0 atom stereocenters. The zero-order valence-corrected chi connectivity index (χ0v) is 10.3. The number of fused-ring (bicyclic) bond motifs is 1. The van der Waals surface area contributed by atoms with E-state index < -0.39 is 11.4 Å². The van der Waals surface area contributed by atoms with E-state index in [1.165, 1.54) is 0 Å². The van der Waals surface area contributed by atoms with Crippen molar-refractivity contribution < 1.29 is 9.90 Å². The van der Waals surface area contributed by atoms with Gasteiger partial charge in [-0.15, -0.1) is 0 Å². The lowest BCUT2D eigenvalue weighted by molar-refractivity contribution is -0.142. The van der Waals surface area contributed by atoms with E-state index in [-0.39, 0.29) is 0 Å². The number of rotatable bonds is 3. The van der Waals surface area contributed by atoms with Crippen LogP contribution in [-0.4, -0.2) is 20.9 Å². The maximum Gasteiger partial charge on any atom is 0.313 e. The third-order valence-corrected chi connectivity index (χ3v) is 3.19. The van der Waals surface area contributed by atoms with Crippen molar-refractivity contribution in [3.05, 3.63) is 30.0 Å². The molecule has 0 aliphatic heterocycles. The van der Waals surface area contributed by atoms with E-state index >= 15 is 0 Å². The van der Waals surface area contributed by atoms with E-state index in [0.717, 1.165) is 23.0 Å². The summed E-state index contributed by atoms with van der Waals surface area (Å²) in [5, 5.41) is 14.5. The molecule has 1 aromatic heterocycles. The standard InChI is InChI=1S/C13H16N2O2/c1-4-15-11-7-5-6-10(9(11)8-14-15)13(2,3)12(16)17/h5-8H,4H2,1-3H3,(H,16,17). The molecule has 0 aliphatic carbocycles. The van der Waals surface area contributed by atoms with Crippen molar-refractivity contribution in [1.82, 2.24) is 9.78 Å². The summed E-state index contributed by atoms with van der Waals surface area (Å²) >= 11 is 0. The third kappa shape index (κ3) is 1.69. The number of aliphatic carboxylic acids is 1. The number of carboxylic acids is 1. The summed E-state index contributed by atoms with van der Waals surface area (Å²) in [6.45, 7) is 6.22. The van der Waals surface area contributed by atoms with Gasteiger partial charge in [-0.2, -0.15) is 5.10 Å². The van der Waals surface area contributed by atoms with Gasteiger partial charge in [0.15, 0.2) is 0 Å². The van der Waals surface area contributed by atoms with E-state index in [0.29, 0.717) is 0 Å². The average molecular weight is 232 g/mol. The summed E-state index contributed by atoms with van der Waals surface area (Å²) < 4.78 is 1.87. The Labute approximate surface area is 99.9 Å². The molecule has 0 spiro atoms. The molecule has 0 saturated carbocycles. The second kappa shape index (κ2) is 3.87. The first-order valence-electron chi connectivity index (χ1n) is 5.67. The Kier molecular flexibility index (Phi) is 2.65. The van der Waals surface area contributed by atoms with Crippen LogP contribution in [0.1, 0.15) is 26.3 Å². The maximum absolute atomic E-state index is 11.3. The number of carbonyl (C=O) groups is 1. The smallest absolute Gasteiger partial charge is 0.313 e. The molecule has 1 heterocycles. The fourth-order valence-electron chi connectivity index (χ4n) is 2.02. The van der Waals surface area contributed by atoms with E-state index in [1.54, 1.807) is 20.0 Å². The molecule has 0 fully saturated rings. The number of nitrogens with zero attached hydrogens (tertiary/aromatic N) is 2. The summed E-state index contributed by atoms with van der Waals surface area (Å²) in [5.74, 6) is -0.825. The van der Waals surface area contributed by atoms with Gasteiger partial charge in [-0.05, 0) is 32.4 Å². The van der Waals surface area contributed by atoms with Gasteiger partial charge < -0.3 is 5.11 Å². The third-order valence-electron chi connectivity index (χ3n) is 3.19. The van der Waals surface area contributed by atoms with Crippen molar-refractivity contribution in [2.24, 2.45) is 0 Å². The van der Waals surface area contributed by atoms with E-state index in [4.69, 9.17) is 0 Å². The van der Waals surface area contributed by atoms with Crippen LogP contribution in [0, 0.1) is 0 Å². The highest BCUT2D eigenvalue weighted by Crippen LogP contribution is 2.30. The molecule has 0 radical (unpaired) electrons. The molecule has 4 heteroatoms. The van der Waals surface area contributed by atoms with Crippen LogP contribution < -0.4 is 0 Å². The molecule has 2 rings (SSSR count). The zero-order valence-electron chi connectivity index (χ0n) is 10.3. The van der Waals surface area contributed by atoms with Crippen molar-refractivity contribution in [3.8, 4) is 0 Å². The molecular formula is C13H16N2O2. The molecule has 0 bridgehead atoms. The lowest BCUT2D eigenvalue weighted by Gasteiger charge is -2.20.